The molecule has 5 atom stereocenters. The van der Waals surface area contributed by atoms with E-state index in [0.717, 1.165) is 18.1 Å². The molecule has 0 aromatic carbocycles. The lowest BCUT2D eigenvalue weighted by molar-refractivity contribution is -0.143. The molecule has 0 N–H and O–H groups in total. The van der Waals surface area contributed by atoms with Crippen molar-refractivity contribution in [2.45, 2.75) is 31.1 Å². The maximum atomic E-state index is 11.6. The highest BCUT2D eigenvalue weighted by atomic mass is 33.1. The zero-order valence-electron chi connectivity index (χ0n) is 8.14. The van der Waals surface area contributed by atoms with Crippen LogP contribution in [0.15, 0.2) is 0 Å². The molecule has 0 radical (unpaired) electrons. The van der Waals surface area contributed by atoms with E-state index < -0.39 is 0 Å². The molecular formula is C10H14O2S2. The summed E-state index contributed by atoms with van der Waals surface area (Å²) in [4.78, 5) is 11.6. The van der Waals surface area contributed by atoms with Gasteiger partial charge in [0, 0.05) is 16.9 Å². The number of fused-ring (bicyclic) bond motifs is 1. The van der Waals surface area contributed by atoms with Gasteiger partial charge in [0.1, 0.15) is 6.10 Å². The topological polar surface area (TPSA) is 26.3 Å². The van der Waals surface area contributed by atoms with Gasteiger partial charge in [0.25, 0.3) is 0 Å². The smallest absolute Gasteiger partial charge is 0.310 e. The molecule has 0 aromatic rings. The van der Waals surface area contributed by atoms with Gasteiger partial charge in [-0.15, -0.1) is 0 Å². The first kappa shape index (κ1) is 9.40. The maximum Gasteiger partial charge on any atom is 0.310 e. The van der Waals surface area contributed by atoms with Crippen molar-refractivity contribution in [2.75, 3.05) is 5.75 Å². The Hall–Kier alpha value is 0.170. The second-order valence-electron chi connectivity index (χ2n) is 4.36. The quantitative estimate of drug-likeness (QED) is 0.549. The number of carbonyl (C=O) groups excluding carboxylic acids is 1. The summed E-state index contributed by atoms with van der Waals surface area (Å²) < 4.78 is 5.39. The molecule has 2 nitrogen and oxygen atoms in total. The zero-order chi connectivity index (χ0) is 9.71. The van der Waals surface area contributed by atoms with Crippen LogP contribution >= 0.6 is 21.6 Å². The van der Waals surface area contributed by atoms with Gasteiger partial charge in [0.05, 0.1) is 5.92 Å². The SMILES string of the molecule is CCSS[C@@H]1[C@@H]2C[C@@H]3[C@H]1C(=O)O[C@@H]3C2. The van der Waals surface area contributed by atoms with Gasteiger partial charge in [-0.05, 0) is 18.8 Å². The van der Waals surface area contributed by atoms with Crippen molar-refractivity contribution in [1.82, 2.24) is 0 Å². The van der Waals surface area contributed by atoms with E-state index in [4.69, 9.17) is 4.74 Å². The third-order valence-corrected chi connectivity index (χ3v) is 6.76. The highest BCUT2D eigenvalue weighted by Gasteiger charge is 2.62. The standard InChI is InChI=1S/C10H14O2S2/c1-2-13-14-9-5-3-6-7(4-5)12-10(11)8(6)9/h5-9H,2-4H2,1H3/t5-,6+,7-,8-,9-/m1/s1. The summed E-state index contributed by atoms with van der Waals surface area (Å²) in [5.74, 6) is 2.79. The van der Waals surface area contributed by atoms with Crippen LogP contribution in [0.1, 0.15) is 19.8 Å². The molecule has 3 aliphatic rings. The monoisotopic (exact) mass is 230 g/mol. The molecule has 78 valence electrons. The van der Waals surface area contributed by atoms with Crippen molar-refractivity contribution >= 4 is 27.6 Å². The summed E-state index contributed by atoms with van der Waals surface area (Å²) in [5, 5.41) is 0.552. The molecule has 3 fully saturated rings. The van der Waals surface area contributed by atoms with Crippen molar-refractivity contribution in [3.63, 3.8) is 0 Å². The minimum absolute atomic E-state index is 0.0919. The first-order valence-electron chi connectivity index (χ1n) is 5.30. The Kier molecular flexibility index (Phi) is 2.24. The Morgan fingerprint density at radius 3 is 3.14 bits per heavy atom. The normalized spacial score (nSPS) is 48.6. The van der Waals surface area contributed by atoms with E-state index in [1.165, 1.54) is 6.42 Å². The van der Waals surface area contributed by atoms with Crippen molar-refractivity contribution < 1.29 is 9.53 Å². The number of ether oxygens (including phenoxy) is 1. The fourth-order valence-corrected chi connectivity index (χ4v) is 6.03. The number of hydrogen-bond donors (Lipinski definition) is 0. The number of esters is 1. The molecule has 2 bridgehead atoms. The van der Waals surface area contributed by atoms with Gasteiger partial charge < -0.3 is 4.74 Å². The van der Waals surface area contributed by atoms with Crippen molar-refractivity contribution in [2.24, 2.45) is 17.8 Å². The predicted octanol–water partition coefficient (Wildman–Crippen LogP) is 2.34. The van der Waals surface area contributed by atoms with Crippen LogP contribution in [0.2, 0.25) is 0 Å². The number of hydrogen-bond acceptors (Lipinski definition) is 4. The van der Waals surface area contributed by atoms with Crippen LogP contribution in [-0.2, 0) is 9.53 Å². The molecule has 1 saturated heterocycles. The summed E-state index contributed by atoms with van der Waals surface area (Å²) in [5.41, 5.74) is 0. The Bertz CT molecular complexity index is 267. The fourth-order valence-electron chi connectivity index (χ4n) is 3.21. The number of rotatable bonds is 3. The van der Waals surface area contributed by atoms with E-state index in [2.05, 4.69) is 6.92 Å². The predicted molar refractivity (Wildman–Crippen MR) is 59.1 cm³/mol. The van der Waals surface area contributed by atoms with Crippen molar-refractivity contribution in [1.29, 1.82) is 0 Å². The van der Waals surface area contributed by atoms with Gasteiger partial charge in [-0.1, -0.05) is 28.5 Å². The fraction of sp³-hybridized carbons (Fsp3) is 0.900. The molecule has 0 aromatic heterocycles. The Balaban J connectivity index is 1.78. The highest BCUT2D eigenvalue weighted by Crippen LogP contribution is 2.59. The molecular weight excluding hydrogens is 216 g/mol. The Labute approximate surface area is 91.9 Å². The van der Waals surface area contributed by atoms with Crippen LogP contribution in [0.4, 0.5) is 0 Å². The van der Waals surface area contributed by atoms with Gasteiger partial charge in [-0.2, -0.15) is 0 Å². The second-order valence-corrected chi connectivity index (χ2v) is 7.20. The molecule has 3 rings (SSSR count). The lowest BCUT2D eigenvalue weighted by atomic mass is 9.89. The minimum Gasteiger partial charge on any atom is -0.462 e. The molecule has 0 unspecified atom stereocenters. The van der Waals surface area contributed by atoms with E-state index in [0.29, 0.717) is 17.3 Å². The highest BCUT2D eigenvalue weighted by molar-refractivity contribution is 8.76. The van der Waals surface area contributed by atoms with E-state index in [1.54, 1.807) is 0 Å². The summed E-state index contributed by atoms with van der Waals surface area (Å²) in [6.45, 7) is 2.17. The summed E-state index contributed by atoms with van der Waals surface area (Å²) >= 11 is 0. The molecule has 1 heterocycles. The molecule has 4 heteroatoms. The van der Waals surface area contributed by atoms with E-state index in [-0.39, 0.29) is 11.9 Å². The van der Waals surface area contributed by atoms with Crippen LogP contribution in [0, 0.1) is 17.8 Å². The first-order valence-corrected chi connectivity index (χ1v) is 7.68. The maximum absolute atomic E-state index is 11.6. The minimum atomic E-state index is 0.0919. The summed E-state index contributed by atoms with van der Waals surface area (Å²) in [6, 6.07) is 0. The van der Waals surface area contributed by atoms with E-state index in [9.17, 15) is 4.79 Å². The lowest BCUT2D eigenvalue weighted by Gasteiger charge is -2.22. The van der Waals surface area contributed by atoms with Crippen molar-refractivity contribution in [3.05, 3.63) is 0 Å². The Morgan fingerprint density at radius 1 is 1.50 bits per heavy atom. The third-order valence-electron chi connectivity index (χ3n) is 3.70. The van der Waals surface area contributed by atoms with Gasteiger partial charge >= 0.3 is 5.97 Å². The zero-order valence-corrected chi connectivity index (χ0v) is 9.77. The van der Waals surface area contributed by atoms with Crippen LogP contribution in [-0.4, -0.2) is 23.1 Å². The van der Waals surface area contributed by atoms with Crippen molar-refractivity contribution in [3.8, 4) is 0 Å². The van der Waals surface area contributed by atoms with Gasteiger partial charge in [-0.25, -0.2) is 0 Å². The second kappa shape index (κ2) is 3.34. The van der Waals surface area contributed by atoms with Crippen LogP contribution < -0.4 is 0 Å². The summed E-state index contributed by atoms with van der Waals surface area (Å²) in [7, 11) is 3.82. The molecule has 2 saturated carbocycles. The summed E-state index contributed by atoms with van der Waals surface area (Å²) in [6.07, 6.45) is 2.67. The largest absolute Gasteiger partial charge is 0.462 e. The molecule has 14 heavy (non-hydrogen) atoms. The van der Waals surface area contributed by atoms with Gasteiger partial charge in [-0.3, -0.25) is 4.79 Å². The van der Waals surface area contributed by atoms with E-state index >= 15 is 0 Å². The Morgan fingerprint density at radius 2 is 2.36 bits per heavy atom. The molecule has 1 aliphatic heterocycles. The first-order chi connectivity index (χ1) is 6.81. The van der Waals surface area contributed by atoms with Crippen LogP contribution in [0.5, 0.6) is 0 Å². The molecule has 0 spiro atoms. The third kappa shape index (κ3) is 1.16. The van der Waals surface area contributed by atoms with Crippen LogP contribution in [0.3, 0.4) is 0 Å². The molecule has 2 aliphatic carbocycles. The van der Waals surface area contributed by atoms with Gasteiger partial charge in [0.15, 0.2) is 0 Å². The average molecular weight is 230 g/mol. The van der Waals surface area contributed by atoms with E-state index in [1.807, 2.05) is 21.6 Å². The van der Waals surface area contributed by atoms with Gasteiger partial charge in [0.2, 0.25) is 0 Å². The van der Waals surface area contributed by atoms with Crippen LogP contribution in [0.25, 0.3) is 0 Å². The lowest BCUT2D eigenvalue weighted by Crippen LogP contribution is -2.27. The average Bonchev–Trinajstić information content (AvgIpc) is 2.74. The number of carbonyl (C=O) groups is 1. The molecule has 0 amide bonds.